The molecule has 3 aromatic rings. The maximum Gasteiger partial charge on any atom is 0.253 e. The summed E-state index contributed by atoms with van der Waals surface area (Å²) in [6, 6.07) is 6.22. The second-order valence-corrected chi connectivity index (χ2v) is 13.3. The number of nitrogens with zero attached hydrogens (tertiary/aromatic N) is 3. The number of fused-ring (bicyclic) bond motifs is 8. The number of aromatic nitrogens is 4. The lowest BCUT2D eigenvalue weighted by atomic mass is 9.85. The van der Waals surface area contributed by atoms with E-state index in [4.69, 9.17) is 9.97 Å². The predicted octanol–water partition coefficient (Wildman–Crippen LogP) is 6.36. The minimum Gasteiger partial charge on any atom is -0.355 e. The number of nitrogens with one attached hydrogen (secondary N) is 3. The summed E-state index contributed by atoms with van der Waals surface area (Å²) in [7, 11) is 0. The van der Waals surface area contributed by atoms with Crippen molar-refractivity contribution in [2.24, 2.45) is 0 Å². The minimum atomic E-state index is -0.372. The molecule has 250 valence electrons. The average Bonchev–Trinajstić information content (AvgIpc) is 3.88. The van der Waals surface area contributed by atoms with Crippen LogP contribution in [-0.2, 0) is 20.8 Å². The number of H-pyrrole nitrogens is 2. The van der Waals surface area contributed by atoms with Gasteiger partial charge < -0.3 is 15.3 Å². The van der Waals surface area contributed by atoms with Crippen LogP contribution in [0.5, 0.6) is 0 Å². The average molecular weight is 657 g/mol. The molecular formula is C39H40N6O4. The molecule has 4 aliphatic rings. The van der Waals surface area contributed by atoms with Crippen molar-refractivity contribution in [3.63, 3.8) is 0 Å². The zero-order chi connectivity index (χ0) is 34.7. The Hall–Kier alpha value is -5.38. The molecule has 10 nitrogen and oxygen atoms in total. The van der Waals surface area contributed by atoms with Crippen molar-refractivity contribution in [2.45, 2.75) is 72.1 Å². The van der Waals surface area contributed by atoms with E-state index in [0.717, 1.165) is 89.6 Å². The Morgan fingerprint density at radius 2 is 1.71 bits per heavy atom. The van der Waals surface area contributed by atoms with Crippen molar-refractivity contribution < 1.29 is 19.2 Å². The number of carbonyl (C=O) groups excluding carboxylic acids is 4. The van der Waals surface area contributed by atoms with Gasteiger partial charge in [-0.2, -0.15) is 0 Å². The largest absolute Gasteiger partial charge is 0.355 e. The van der Waals surface area contributed by atoms with E-state index < -0.39 is 0 Å². The van der Waals surface area contributed by atoms with Crippen LogP contribution < -0.4 is 5.32 Å². The molecule has 0 radical (unpaired) electrons. The van der Waals surface area contributed by atoms with Crippen LogP contribution in [0, 0.1) is 13.8 Å². The summed E-state index contributed by atoms with van der Waals surface area (Å²) in [6.45, 7) is 14.8. The molecule has 2 atom stereocenters. The number of ketones is 1. The number of carbonyl (C=O) groups is 4. The number of aryl methyl sites for hydroxylation is 2. The molecular weight excluding hydrogens is 616 g/mol. The van der Waals surface area contributed by atoms with E-state index in [1.54, 1.807) is 0 Å². The van der Waals surface area contributed by atoms with E-state index in [9.17, 15) is 19.2 Å². The van der Waals surface area contributed by atoms with Crippen LogP contribution >= 0.6 is 0 Å². The summed E-state index contributed by atoms with van der Waals surface area (Å²) in [5, 5.41) is 2.86. The lowest BCUT2D eigenvalue weighted by Gasteiger charge is -2.18. The molecule has 6 heterocycles. The van der Waals surface area contributed by atoms with Crippen molar-refractivity contribution in [3.05, 3.63) is 87.5 Å². The van der Waals surface area contributed by atoms with Crippen molar-refractivity contribution >= 4 is 62.8 Å². The standard InChI is InChI=1S/C39H40N6O4/c1-7-23-19(3)27-16-29-21(5)25(9-10-34(47)40-13-14-45-35(48)11-12-36(45)49)38(43-29)26-15-33(46)37-22(6)30(44-39(26)37)18-32-24(8-2)20(4)28(42-32)17-31(23)41-27/h7,11-12,16-18,21,25,41,44H,1,8-10,13-15H2,2-6H3,(H,40,47)/t21-,25-/m0/s1. The van der Waals surface area contributed by atoms with E-state index in [0.29, 0.717) is 12.0 Å². The Balaban J connectivity index is 1.34. The van der Waals surface area contributed by atoms with Crippen molar-refractivity contribution in [3.8, 4) is 0 Å². The molecule has 1 aliphatic carbocycles. The molecule has 10 heteroatoms. The SMILES string of the molecule is C=Cc1c(C)c2cc3nc(c4c5[nH]c(cc6nc(cc1[nH]2)C(C)=C6CC)c(C)c5C(=O)C4)[C@@H](CCC(=O)NCCN1C(=O)C=CC1=O)[C@@H]3C. The summed E-state index contributed by atoms with van der Waals surface area (Å²) >= 11 is 0. The molecule has 3 aliphatic heterocycles. The molecule has 8 bridgehead atoms. The van der Waals surface area contributed by atoms with Gasteiger partial charge >= 0.3 is 0 Å². The monoisotopic (exact) mass is 656 g/mol. The van der Waals surface area contributed by atoms with Gasteiger partial charge in [-0.25, -0.2) is 4.98 Å². The highest BCUT2D eigenvalue weighted by Crippen LogP contribution is 2.44. The minimum absolute atomic E-state index is 0.0336. The molecule has 3 N–H and O–H groups in total. The fourth-order valence-corrected chi connectivity index (χ4v) is 7.76. The van der Waals surface area contributed by atoms with Gasteiger partial charge in [0.05, 0.1) is 22.6 Å². The Morgan fingerprint density at radius 3 is 2.43 bits per heavy atom. The Kier molecular flexibility index (Phi) is 8.05. The van der Waals surface area contributed by atoms with Gasteiger partial charge in [-0.15, -0.1) is 0 Å². The molecule has 0 spiro atoms. The third-order valence-corrected chi connectivity index (χ3v) is 10.6. The molecule has 3 amide bonds. The maximum absolute atomic E-state index is 13.6. The third kappa shape index (κ3) is 5.35. The summed E-state index contributed by atoms with van der Waals surface area (Å²) in [4.78, 5) is 69.0. The van der Waals surface area contributed by atoms with Gasteiger partial charge in [-0.05, 0) is 74.1 Å². The molecule has 7 rings (SSSR count). The van der Waals surface area contributed by atoms with Crippen LogP contribution in [-0.4, -0.2) is 61.4 Å². The molecule has 0 aromatic carbocycles. The number of hydrogen-bond donors (Lipinski definition) is 3. The Bertz CT molecular complexity index is 2210. The van der Waals surface area contributed by atoms with Crippen LogP contribution in [0.3, 0.4) is 0 Å². The van der Waals surface area contributed by atoms with E-state index >= 15 is 0 Å². The first-order chi connectivity index (χ1) is 23.5. The normalized spacial score (nSPS) is 18.3. The van der Waals surface area contributed by atoms with Gasteiger partial charge in [0.2, 0.25) is 5.91 Å². The molecule has 49 heavy (non-hydrogen) atoms. The predicted molar refractivity (Wildman–Crippen MR) is 191 cm³/mol. The van der Waals surface area contributed by atoms with E-state index in [1.165, 1.54) is 12.2 Å². The van der Waals surface area contributed by atoms with Crippen LogP contribution in [0.1, 0.15) is 107 Å². The lowest BCUT2D eigenvalue weighted by Crippen LogP contribution is -2.38. The first-order valence-corrected chi connectivity index (χ1v) is 16.9. The molecule has 0 saturated carbocycles. The molecule has 0 saturated heterocycles. The first kappa shape index (κ1) is 32.2. The molecule has 0 unspecified atom stereocenters. The maximum atomic E-state index is 13.6. The second kappa shape index (κ2) is 12.3. The summed E-state index contributed by atoms with van der Waals surface area (Å²) in [5.41, 5.74) is 13.8. The highest BCUT2D eigenvalue weighted by molar-refractivity contribution is 6.13. The topological polar surface area (TPSA) is 141 Å². The zero-order valence-corrected chi connectivity index (χ0v) is 28.5. The lowest BCUT2D eigenvalue weighted by molar-refractivity contribution is -0.137. The fraction of sp³-hybridized carbons (Fsp3) is 0.333. The summed E-state index contributed by atoms with van der Waals surface area (Å²) < 4.78 is 0. The number of Topliss-reactive ketones (excluding diaryl/α,β-unsaturated/α-hetero) is 1. The fourth-order valence-electron chi connectivity index (χ4n) is 7.76. The quantitative estimate of drug-likeness (QED) is 0.241. The van der Waals surface area contributed by atoms with Crippen LogP contribution in [0.25, 0.3) is 39.3 Å². The number of allylic oxidation sites excluding steroid dienone is 2. The highest BCUT2D eigenvalue weighted by atomic mass is 16.2. The summed E-state index contributed by atoms with van der Waals surface area (Å²) in [5.74, 6) is -1.01. The first-order valence-electron chi connectivity index (χ1n) is 16.9. The van der Waals surface area contributed by atoms with Crippen LogP contribution in [0.2, 0.25) is 0 Å². The number of imide groups is 1. The number of hydrogen-bond acceptors (Lipinski definition) is 6. The van der Waals surface area contributed by atoms with E-state index in [1.807, 2.05) is 13.0 Å². The van der Waals surface area contributed by atoms with Crippen LogP contribution in [0.4, 0.5) is 0 Å². The van der Waals surface area contributed by atoms with Gasteiger partial charge in [0.1, 0.15) is 0 Å². The van der Waals surface area contributed by atoms with Crippen molar-refractivity contribution in [2.75, 3.05) is 13.1 Å². The van der Waals surface area contributed by atoms with Gasteiger partial charge in [0, 0.05) is 88.9 Å². The smallest absolute Gasteiger partial charge is 0.253 e. The third-order valence-electron chi connectivity index (χ3n) is 10.6. The highest BCUT2D eigenvalue weighted by Gasteiger charge is 2.36. The zero-order valence-electron chi connectivity index (χ0n) is 28.5. The second-order valence-electron chi connectivity index (χ2n) is 13.3. The number of amides is 3. The van der Waals surface area contributed by atoms with E-state index in [-0.39, 0.29) is 61.3 Å². The molecule has 3 aromatic heterocycles. The Morgan fingerprint density at radius 1 is 1.00 bits per heavy atom. The van der Waals surface area contributed by atoms with Crippen molar-refractivity contribution in [1.29, 1.82) is 0 Å². The number of rotatable bonds is 8. The van der Waals surface area contributed by atoms with Crippen LogP contribution in [0.15, 0.2) is 36.9 Å². The van der Waals surface area contributed by atoms with Gasteiger partial charge in [-0.3, -0.25) is 29.1 Å². The Labute approximate surface area is 284 Å². The number of aromatic amines is 2. The van der Waals surface area contributed by atoms with Crippen molar-refractivity contribution in [1.82, 2.24) is 30.2 Å². The van der Waals surface area contributed by atoms with Gasteiger partial charge in [-0.1, -0.05) is 26.5 Å². The molecule has 0 fully saturated rings. The van der Waals surface area contributed by atoms with Gasteiger partial charge in [0.25, 0.3) is 11.8 Å². The summed E-state index contributed by atoms with van der Waals surface area (Å²) in [6.07, 6.45) is 6.14. The van der Waals surface area contributed by atoms with Gasteiger partial charge in [0.15, 0.2) is 5.78 Å². The van der Waals surface area contributed by atoms with E-state index in [2.05, 4.69) is 67.8 Å².